The molecule has 0 saturated carbocycles. The van der Waals surface area contributed by atoms with Crippen LogP contribution in [0.3, 0.4) is 0 Å². The van der Waals surface area contributed by atoms with Crippen LogP contribution in [0.4, 0.5) is 5.82 Å². The molecule has 0 radical (unpaired) electrons. The van der Waals surface area contributed by atoms with Gasteiger partial charge in [-0.1, -0.05) is 13.8 Å². The van der Waals surface area contributed by atoms with Gasteiger partial charge in [0.2, 0.25) is 0 Å². The first kappa shape index (κ1) is 13.7. The Morgan fingerprint density at radius 1 is 1.43 bits per heavy atom. The number of nitrogens with zero attached hydrogens (tertiary/aromatic N) is 5. The van der Waals surface area contributed by atoms with Gasteiger partial charge in [-0.25, -0.2) is 9.99 Å². The molecule has 0 amide bonds. The number of aromatic nitrogens is 3. The quantitative estimate of drug-likeness (QED) is 0.642. The Morgan fingerprint density at radius 2 is 2.24 bits per heavy atom. The third kappa shape index (κ3) is 2.53. The van der Waals surface area contributed by atoms with Gasteiger partial charge in [0.15, 0.2) is 5.82 Å². The number of fused-ring (bicyclic) bond motifs is 1. The van der Waals surface area contributed by atoms with E-state index in [4.69, 9.17) is 0 Å². The van der Waals surface area contributed by atoms with Crippen molar-refractivity contribution in [1.82, 2.24) is 14.8 Å². The van der Waals surface area contributed by atoms with Gasteiger partial charge >= 0.3 is 0 Å². The molecule has 21 heavy (non-hydrogen) atoms. The summed E-state index contributed by atoms with van der Waals surface area (Å²) >= 11 is 0. The van der Waals surface area contributed by atoms with Crippen molar-refractivity contribution in [3.8, 4) is 11.1 Å². The molecule has 1 aliphatic rings. The predicted molar refractivity (Wildman–Crippen MR) is 81.8 cm³/mol. The summed E-state index contributed by atoms with van der Waals surface area (Å²) in [6.45, 7) is 5.53. The molecular weight excluding hydrogens is 266 g/mol. The maximum absolute atomic E-state index is 10.6. The molecule has 2 aromatic rings. The Hall–Kier alpha value is -2.24. The fraction of sp³-hybridized carbons (Fsp3) is 0.467. The maximum atomic E-state index is 10.6. The monoisotopic (exact) mass is 285 g/mol. The average molecular weight is 285 g/mol. The zero-order chi connectivity index (χ0) is 15.0. The number of rotatable bonds is 3. The molecule has 0 aliphatic carbocycles. The Bertz CT molecular complexity index is 676. The van der Waals surface area contributed by atoms with Crippen LogP contribution in [0.2, 0.25) is 0 Å². The van der Waals surface area contributed by atoms with Crippen molar-refractivity contribution in [2.75, 3.05) is 12.1 Å². The van der Waals surface area contributed by atoms with Gasteiger partial charge in [0.1, 0.15) is 0 Å². The van der Waals surface area contributed by atoms with Crippen LogP contribution in [0, 0.1) is 10.3 Å². The van der Waals surface area contributed by atoms with Crippen LogP contribution < -0.4 is 5.01 Å². The second-order valence-electron chi connectivity index (χ2n) is 6.33. The molecule has 6 heteroatoms. The second-order valence-corrected chi connectivity index (χ2v) is 6.33. The van der Waals surface area contributed by atoms with Gasteiger partial charge in [-0.05, 0) is 36.0 Å². The minimum Gasteiger partial charge on any atom is -0.269 e. The van der Waals surface area contributed by atoms with Crippen LogP contribution in [0.25, 0.3) is 11.1 Å². The smallest absolute Gasteiger partial charge is 0.152 e. The Morgan fingerprint density at radius 3 is 3.00 bits per heavy atom. The van der Waals surface area contributed by atoms with Crippen LogP contribution in [-0.4, -0.2) is 21.8 Å². The number of aryl methyl sites for hydroxylation is 1. The van der Waals surface area contributed by atoms with Gasteiger partial charge in [0.25, 0.3) is 0 Å². The lowest BCUT2D eigenvalue weighted by Gasteiger charge is -2.30. The van der Waals surface area contributed by atoms with Crippen LogP contribution in [-0.2, 0) is 13.0 Å². The molecule has 0 bridgehead atoms. The lowest BCUT2D eigenvalue weighted by molar-refractivity contribution is 0.260. The van der Waals surface area contributed by atoms with E-state index in [1.54, 1.807) is 13.2 Å². The van der Waals surface area contributed by atoms with E-state index in [-0.39, 0.29) is 0 Å². The van der Waals surface area contributed by atoms with Gasteiger partial charge in [-0.15, -0.1) is 4.91 Å². The Kier molecular flexibility index (Phi) is 3.23. The van der Waals surface area contributed by atoms with Gasteiger partial charge < -0.3 is 0 Å². The van der Waals surface area contributed by atoms with Gasteiger partial charge in [-0.3, -0.25) is 4.68 Å². The molecule has 2 aromatic heterocycles. The Balaban J connectivity index is 2.02. The summed E-state index contributed by atoms with van der Waals surface area (Å²) in [4.78, 5) is 14.8. The van der Waals surface area contributed by atoms with E-state index >= 15 is 0 Å². The van der Waals surface area contributed by atoms with E-state index in [2.05, 4.69) is 33.9 Å². The van der Waals surface area contributed by atoms with Crippen molar-refractivity contribution < 1.29 is 0 Å². The van der Waals surface area contributed by atoms with Crippen LogP contribution >= 0.6 is 0 Å². The molecule has 110 valence electrons. The number of nitroso groups, excluding NO2 is 1. The fourth-order valence-electron chi connectivity index (χ4n) is 2.79. The lowest BCUT2D eigenvalue weighted by atomic mass is 9.81. The zero-order valence-corrected chi connectivity index (χ0v) is 12.6. The van der Waals surface area contributed by atoms with Crippen molar-refractivity contribution in [2.24, 2.45) is 10.7 Å². The summed E-state index contributed by atoms with van der Waals surface area (Å²) in [5.41, 5.74) is 3.69. The third-order valence-corrected chi connectivity index (χ3v) is 4.11. The van der Waals surface area contributed by atoms with Gasteiger partial charge in [-0.2, -0.15) is 5.10 Å². The van der Waals surface area contributed by atoms with Gasteiger partial charge in [0.05, 0.1) is 11.5 Å². The van der Waals surface area contributed by atoms with Crippen molar-refractivity contribution in [2.45, 2.75) is 33.2 Å². The highest BCUT2D eigenvalue weighted by Gasteiger charge is 2.28. The summed E-state index contributed by atoms with van der Waals surface area (Å²) in [6, 6.07) is 3.82. The molecule has 3 rings (SSSR count). The van der Waals surface area contributed by atoms with Crippen molar-refractivity contribution in [1.29, 1.82) is 0 Å². The summed E-state index contributed by atoms with van der Waals surface area (Å²) in [5, 5.41) is 8.61. The molecule has 6 nitrogen and oxygen atoms in total. The molecule has 0 atom stereocenters. The highest BCUT2D eigenvalue weighted by molar-refractivity contribution is 5.68. The molecule has 0 fully saturated rings. The third-order valence-electron chi connectivity index (χ3n) is 4.11. The largest absolute Gasteiger partial charge is 0.269 e. The van der Waals surface area contributed by atoms with Crippen LogP contribution in [0.1, 0.15) is 26.0 Å². The number of hydrogen-bond donors (Lipinski definition) is 0. The number of anilines is 1. The average Bonchev–Trinajstić information content (AvgIpc) is 2.88. The minimum atomic E-state index is 0.293. The van der Waals surface area contributed by atoms with E-state index in [1.807, 2.05) is 18.3 Å². The normalized spacial score (nSPS) is 16.3. The highest BCUT2D eigenvalue weighted by atomic mass is 16.3. The highest BCUT2D eigenvalue weighted by Crippen LogP contribution is 2.36. The van der Waals surface area contributed by atoms with Crippen LogP contribution in [0.15, 0.2) is 29.8 Å². The van der Waals surface area contributed by atoms with Gasteiger partial charge in [0, 0.05) is 31.0 Å². The molecule has 0 unspecified atom stereocenters. The fourth-order valence-corrected chi connectivity index (χ4v) is 2.79. The topological polar surface area (TPSA) is 63.4 Å². The standard InChI is InChI=1S/C15H19N5O/c1-15(2)5-7-20-13(9-15)12(10-17-20)11-4-6-16-14(8-11)19(3)18-21/h4,6,8,10H,5,7,9H2,1-3H3. The number of hydrogen-bond acceptors (Lipinski definition) is 4. The summed E-state index contributed by atoms with van der Waals surface area (Å²) in [7, 11) is 1.59. The second kappa shape index (κ2) is 4.95. The minimum absolute atomic E-state index is 0.293. The molecule has 3 heterocycles. The zero-order valence-electron chi connectivity index (χ0n) is 12.6. The molecular formula is C15H19N5O. The summed E-state index contributed by atoms with van der Waals surface area (Å²) in [5.74, 6) is 0.539. The molecule has 0 aromatic carbocycles. The molecule has 1 aliphatic heterocycles. The first-order valence-corrected chi connectivity index (χ1v) is 7.08. The van der Waals surface area contributed by atoms with Crippen molar-refractivity contribution >= 4 is 5.82 Å². The first-order chi connectivity index (χ1) is 10.00. The van der Waals surface area contributed by atoms with E-state index in [1.165, 1.54) is 10.7 Å². The van der Waals surface area contributed by atoms with E-state index in [0.29, 0.717) is 11.2 Å². The van der Waals surface area contributed by atoms with E-state index in [9.17, 15) is 4.91 Å². The van der Waals surface area contributed by atoms with E-state index in [0.717, 1.165) is 30.5 Å². The Labute approximate surface area is 123 Å². The number of pyridine rings is 1. The summed E-state index contributed by atoms with van der Waals surface area (Å²) in [6.07, 6.45) is 5.75. The van der Waals surface area contributed by atoms with Crippen molar-refractivity contribution in [3.63, 3.8) is 0 Å². The SMILES string of the molecule is CN(N=O)c1cc(-c2cnn3c2CC(C)(C)CC3)ccn1. The first-order valence-electron chi connectivity index (χ1n) is 7.08. The van der Waals surface area contributed by atoms with E-state index < -0.39 is 0 Å². The molecule has 0 saturated heterocycles. The lowest BCUT2D eigenvalue weighted by Crippen LogP contribution is -2.26. The summed E-state index contributed by atoms with van der Waals surface area (Å²) < 4.78 is 2.09. The molecule has 0 spiro atoms. The maximum Gasteiger partial charge on any atom is 0.152 e. The van der Waals surface area contributed by atoms with Crippen molar-refractivity contribution in [3.05, 3.63) is 35.1 Å². The van der Waals surface area contributed by atoms with Crippen LogP contribution in [0.5, 0.6) is 0 Å². The predicted octanol–water partition coefficient (Wildman–Crippen LogP) is 3.04. The molecule has 0 N–H and O–H groups in total.